The Morgan fingerprint density at radius 2 is 1.88 bits per heavy atom. The molecule has 17 heavy (non-hydrogen) atoms. The second kappa shape index (κ2) is 8.86. The van der Waals surface area contributed by atoms with E-state index in [4.69, 9.17) is 9.47 Å². The van der Waals surface area contributed by atoms with Crippen LogP contribution < -0.4 is 5.32 Å². The van der Waals surface area contributed by atoms with Crippen LogP contribution in [0.2, 0.25) is 0 Å². The van der Waals surface area contributed by atoms with Gasteiger partial charge in [0.2, 0.25) is 0 Å². The van der Waals surface area contributed by atoms with E-state index in [1.807, 2.05) is 13.8 Å². The van der Waals surface area contributed by atoms with Crippen LogP contribution in [0.25, 0.3) is 0 Å². The van der Waals surface area contributed by atoms with Crippen molar-refractivity contribution in [3.8, 4) is 0 Å². The number of rotatable bonds is 10. The van der Waals surface area contributed by atoms with Gasteiger partial charge in [-0.3, -0.25) is 0 Å². The highest BCUT2D eigenvalue weighted by molar-refractivity contribution is 4.67. The van der Waals surface area contributed by atoms with Gasteiger partial charge in [0.15, 0.2) is 0 Å². The fourth-order valence-corrected chi connectivity index (χ4v) is 1.24. The van der Waals surface area contributed by atoms with Gasteiger partial charge in [-0.1, -0.05) is 13.8 Å². The van der Waals surface area contributed by atoms with Crippen LogP contribution in [0, 0.1) is 5.92 Å². The summed E-state index contributed by atoms with van der Waals surface area (Å²) in [4.78, 5) is 0. The zero-order chi connectivity index (χ0) is 13.3. The summed E-state index contributed by atoms with van der Waals surface area (Å²) in [5.41, 5.74) is -0.152. The van der Waals surface area contributed by atoms with Crippen LogP contribution in [0.5, 0.6) is 0 Å². The van der Waals surface area contributed by atoms with Gasteiger partial charge < -0.3 is 19.9 Å². The Morgan fingerprint density at radius 1 is 1.24 bits per heavy atom. The van der Waals surface area contributed by atoms with Gasteiger partial charge in [0.25, 0.3) is 0 Å². The molecule has 2 N–H and O–H groups in total. The highest BCUT2D eigenvalue weighted by atomic mass is 16.5. The topological polar surface area (TPSA) is 50.7 Å². The quantitative estimate of drug-likeness (QED) is 0.573. The van der Waals surface area contributed by atoms with Crippen molar-refractivity contribution in [2.24, 2.45) is 5.92 Å². The largest absolute Gasteiger partial charge is 0.389 e. The van der Waals surface area contributed by atoms with E-state index in [-0.39, 0.29) is 5.60 Å². The van der Waals surface area contributed by atoms with Crippen molar-refractivity contribution in [1.29, 1.82) is 0 Å². The van der Waals surface area contributed by atoms with Gasteiger partial charge in [0.1, 0.15) is 0 Å². The molecule has 0 saturated heterocycles. The third kappa shape index (κ3) is 10.7. The lowest BCUT2D eigenvalue weighted by molar-refractivity contribution is -0.0242. The molecule has 104 valence electrons. The summed E-state index contributed by atoms with van der Waals surface area (Å²) in [5, 5.41) is 12.8. The Morgan fingerprint density at radius 3 is 2.41 bits per heavy atom. The van der Waals surface area contributed by atoms with E-state index in [9.17, 15) is 5.11 Å². The summed E-state index contributed by atoms with van der Waals surface area (Å²) in [6.07, 6.45) is 0.398. The van der Waals surface area contributed by atoms with Gasteiger partial charge in [-0.05, 0) is 32.7 Å². The van der Waals surface area contributed by atoms with Gasteiger partial charge in [-0.15, -0.1) is 0 Å². The monoisotopic (exact) mass is 247 g/mol. The van der Waals surface area contributed by atoms with E-state index in [0.717, 1.165) is 13.0 Å². The lowest BCUT2D eigenvalue weighted by Gasteiger charge is -2.23. The average molecular weight is 247 g/mol. The van der Waals surface area contributed by atoms with Crippen molar-refractivity contribution < 1.29 is 14.6 Å². The van der Waals surface area contributed by atoms with Crippen molar-refractivity contribution in [3.05, 3.63) is 0 Å². The summed E-state index contributed by atoms with van der Waals surface area (Å²) in [6.45, 7) is 10.8. The van der Waals surface area contributed by atoms with E-state index in [0.29, 0.717) is 25.7 Å². The molecule has 0 heterocycles. The first-order valence-electron chi connectivity index (χ1n) is 6.39. The third-order valence-electron chi connectivity index (χ3n) is 2.64. The molecule has 0 aromatic carbocycles. The first-order valence-corrected chi connectivity index (χ1v) is 6.39. The molecule has 0 aliphatic heterocycles. The van der Waals surface area contributed by atoms with Crippen molar-refractivity contribution in [2.45, 2.75) is 45.8 Å². The van der Waals surface area contributed by atoms with E-state index < -0.39 is 6.10 Å². The van der Waals surface area contributed by atoms with Gasteiger partial charge >= 0.3 is 0 Å². The van der Waals surface area contributed by atoms with E-state index in [1.54, 1.807) is 7.11 Å². The molecule has 4 nitrogen and oxygen atoms in total. The maximum absolute atomic E-state index is 9.63. The third-order valence-corrected chi connectivity index (χ3v) is 2.64. The van der Waals surface area contributed by atoms with Gasteiger partial charge in [-0.2, -0.15) is 0 Å². The molecular formula is C13H29NO3. The Kier molecular flexibility index (Phi) is 8.78. The van der Waals surface area contributed by atoms with Crippen LogP contribution in [-0.2, 0) is 9.47 Å². The Balaban J connectivity index is 3.42. The molecule has 0 aliphatic carbocycles. The summed E-state index contributed by atoms with van der Waals surface area (Å²) >= 11 is 0. The van der Waals surface area contributed by atoms with E-state index in [2.05, 4.69) is 19.2 Å². The standard InChI is InChI=1S/C13H29NO3/c1-11(2)8-14-9-12(15)10-17-7-6-13(3,4)16-5/h11-12,14-15H,6-10H2,1-5H3. The first-order chi connectivity index (χ1) is 7.87. The zero-order valence-electron chi connectivity index (χ0n) is 12.0. The number of ether oxygens (including phenoxy) is 2. The summed E-state index contributed by atoms with van der Waals surface area (Å²) in [5.74, 6) is 0.602. The summed E-state index contributed by atoms with van der Waals surface area (Å²) < 4.78 is 10.7. The fourth-order valence-electron chi connectivity index (χ4n) is 1.24. The van der Waals surface area contributed by atoms with Crippen molar-refractivity contribution >= 4 is 0 Å². The molecule has 0 spiro atoms. The van der Waals surface area contributed by atoms with Crippen LogP contribution >= 0.6 is 0 Å². The molecule has 0 bridgehead atoms. The van der Waals surface area contributed by atoms with Gasteiger partial charge in [0, 0.05) is 20.3 Å². The van der Waals surface area contributed by atoms with Crippen LogP contribution in [-0.4, -0.2) is 50.2 Å². The van der Waals surface area contributed by atoms with Crippen molar-refractivity contribution in [2.75, 3.05) is 33.4 Å². The molecule has 0 aromatic heterocycles. The predicted molar refractivity (Wildman–Crippen MR) is 70.2 cm³/mol. The highest BCUT2D eigenvalue weighted by Gasteiger charge is 2.15. The molecule has 0 aromatic rings. The zero-order valence-corrected chi connectivity index (χ0v) is 12.0. The molecule has 4 heteroatoms. The maximum atomic E-state index is 9.63. The molecule has 0 amide bonds. The predicted octanol–water partition coefficient (Wildman–Crippen LogP) is 1.42. The minimum absolute atomic E-state index is 0.152. The molecule has 0 rings (SSSR count). The lowest BCUT2D eigenvalue weighted by atomic mass is 10.1. The lowest BCUT2D eigenvalue weighted by Crippen LogP contribution is -2.33. The average Bonchev–Trinajstić information content (AvgIpc) is 2.24. The van der Waals surface area contributed by atoms with Crippen LogP contribution in [0.3, 0.4) is 0 Å². The minimum atomic E-state index is -0.431. The normalized spacial score (nSPS) is 14.3. The van der Waals surface area contributed by atoms with Crippen LogP contribution in [0.1, 0.15) is 34.1 Å². The molecule has 1 unspecified atom stereocenters. The Bertz CT molecular complexity index is 184. The van der Waals surface area contributed by atoms with Crippen molar-refractivity contribution in [3.63, 3.8) is 0 Å². The number of aliphatic hydroxyl groups excluding tert-OH is 1. The second-order valence-electron chi connectivity index (χ2n) is 5.49. The molecule has 0 aliphatic rings. The first kappa shape index (κ1) is 16.8. The van der Waals surface area contributed by atoms with Gasteiger partial charge in [-0.25, -0.2) is 0 Å². The molecule has 0 fully saturated rings. The SMILES string of the molecule is COC(C)(C)CCOCC(O)CNCC(C)C. The Hall–Kier alpha value is -0.160. The molecular weight excluding hydrogens is 218 g/mol. The van der Waals surface area contributed by atoms with Gasteiger partial charge in [0.05, 0.1) is 18.3 Å². The molecule has 0 radical (unpaired) electrons. The van der Waals surface area contributed by atoms with E-state index >= 15 is 0 Å². The number of hydrogen-bond acceptors (Lipinski definition) is 4. The van der Waals surface area contributed by atoms with E-state index in [1.165, 1.54) is 0 Å². The summed E-state index contributed by atoms with van der Waals surface area (Å²) in [6, 6.07) is 0. The minimum Gasteiger partial charge on any atom is -0.389 e. The molecule has 1 atom stereocenters. The smallest absolute Gasteiger partial charge is 0.0897 e. The fraction of sp³-hybridized carbons (Fsp3) is 1.00. The number of methoxy groups -OCH3 is 1. The second-order valence-corrected chi connectivity index (χ2v) is 5.49. The van der Waals surface area contributed by atoms with Crippen LogP contribution in [0.15, 0.2) is 0 Å². The van der Waals surface area contributed by atoms with Crippen LogP contribution in [0.4, 0.5) is 0 Å². The maximum Gasteiger partial charge on any atom is 0.0897 e. The highest BCUT2D eigenvalue weighted by Crippen LogP contribution is 2.12. The Labute approximate surface area is 106 Å². The molecule has 0 saturated carbocycles. The number of aliphatic hydroxyl groups is 1. The number of nitrogens with one attached hydrogen (secondary N) is 1. The number of hydrogen-bond donors (Lipinski definition) is 2. The summed E-state index contributed by atoms with van der Waals surface area (Å²) in [7, 11) is 1.70. The van der Waals surface area contributed by atoms with Crippen molar-refractivity contribution in [1.82, 2.24) is 5.32 Å².